The van der Waals surface area contributed by atoms with E-state index in [9.17, 15) is 13.2 Å². The number of nitrogens with one attached hydrogen (secondary N) is 2. The molecule has 2 aromatic carbocycles. The SMILES string of the molecule is CSSC(C)(C)[C@@H](NS(=O)(=O)c1ccc(Oc2ccc(Cl)cc2)cc1)C(=O)NO. The number of ether oxygens (including phenoxy) is 1. The van der Waals surface area contributed by atoms with E-state index < -0.39 is 26.7 Å². The van der Waals surface area contributed by atoms with E-state index in [1.165, 1.54) is 51.3 Å². The van der Waals surface area contributed by atoms with Gasteiger partial charge in [0, 0.05) is 9.77 Å². The molecule has 0 fully saturated rings. The second kappa shape index (κ2) is 10.1. The van der Waals surface area contributed by atoms with E-state index in [0.717, 1.165) is 0 Å². The lowest BCUT2D eigenvalue weighted by atomic mass is 10.0. The van der Waals surface area contributed by atoms with E-state index in [1.54, 1.807) is 38.1 Å². The van der Waals surface area contributed by atoms with Crippen molar-refractivity contribution in [2.24, 2.45) is 0 Å². The van der Waals surface area contributed by atoms with Crippen molar-refractivity contribution in [3.63, 3.8) is 0 Å². The third kappa shape index (κ3) is 6.53. The molecule has 29 heavy (non-hydrogen) atoms. The number of amides is 1. The Bertz CT molecular complexity index is 935. The summed E-state index contributed by atoms with van der Waals surface area (Å²) < 4.78 is 32.7. The minimum Gasteiger partial charge on any atom is -0.457 e. The Balaban J connectivity index is 2.20. The minimum atomic E-state index is -4.03. The first-order chi connectivity index (χ1) is 13.6. The highest BCUT2D eigenvalue weighted by Crippen LogP contribution is 2.37. The molecule has 0 aromatic heterocycles. The van der Waals surface area contributed by atoms with Gasteiger partial charge in [0.15, 0.2) is 0 Å². The van der Waals surface area contributed by atoms with Crippen molar-refractivity contribution in [1.82, 2.24) is 10.2 Å². The van der Waals surface area contributed by atoms with Gasteiger partial charge in [-0.2, -0.15) is 4.72 Å². The summed E-state index contributed by atoms with van der Waals surface area (Å²) in [6.45, 7) is 3.42. The number of hydroxylamine groups is 1. The molecule has 158 valence electrons. The Hall–Kier alpha value is -1.43. The number of benzene rings is 2. The molecule has 2 aromatic rings. The van der Waals surface area contributed by atoms with Crippen LogP contribution in [-0.2, 0) is 14.8 Å². The molecule has 0 unspecified atom stereocenters. The summed E-state index contributed by atoms with van der Waals surface area (Å²) in [6.07, 6.45) is 1.81. The Morgan fingerprint density at radius 3 is 2.10 bits per heavy atom. The van der Waals surface area contributed by atoms with E-state index in [1.807, 2.05) is 6.26 Å². The maximum atomic E-state index is 12.8. The first-order valence-corrected chi connectivity index (χ1v) is 12.7. The van der Waals surface area contributed by atoms with Gasteiger partial charge in [-0.3, -0.25) is 10.0 Å². The van der Waals surface area contributed by atoms with Crippen LogP contribution in [0.1, 0.15) is 13.8 Å². The van der Waals surface area contributed by atoms with E-state index in [4.69, 9.17) is 21.5 Å². The highest BCUT2D eigenvalue weighted by Gasteiger charge is 2.39. The standard InChI is InChI=1S/C18H21ClN2O5S3/c1-18(2,28-27-3)16(17(22)20-23)21-29(24,25)15-10-8-14(9-11-15)26-13-6-4-12(19)5-7-13/h4-11,16,21,23H,1-3H3,(H,20,22)/t16-/m0/s1. The zero-order valence-electron chi connectivity index (χ0n) is 15.9. The summed E-state index contributed by atoms with van der Waals surface area (Å²) in [5, 5.41) is 9.60. The summed E-state index contributed by atoms with van der Waals surface area (Å²) >= 11 is 5.84. The Kier molecular flexibility index (Phi) is 8.27. The Labute approximate surface area is 183 Å². The van der Waals surface area contributed by atoms with Crippen molar-refractivity contribution < 1.29 is 23.2 Å². The molecular formula is C18H21ClN2O5S3. The molecule has 11 heteroatoms. The summed E-state index contributed by atoms with van der Waals surface area (Å²) in [4.78, 5) is 12.0. The van der Waals surface area contributed by atoms with Gasteiger partial charge in [-0.1, -0.05) is 33.2 Å². The molecule has 3 N–H and O–H groups in total. The van der Waals surface area contributed by atoms with Crippen LogP contribution in [0.5, 0.6) is 11.5 Å². The lowest BCUT2D eigenvalue weighted by molar-refractivity contribution is -0.131. The Morgan fingerprint density at radius 2 is 1.62 bits per heavy atom. The van der Waals surface area contributed by atoms with Crippen LogP contribution in [0.2, 0.25) is 5.02 Å². The maximum absolute atomic E-state index is 12.8. The monoisotopic (exact) mass is 476 g/mol. The molecule has 0 aliphatic heterocycles. The van der Waals surface area contributed by atoms with Gasteiger partial charge in [0.2, 0.25) is 10.0 Å². The van der Waals surface area contributed by atoms with Crippen LogP contribution in [-0.4, -0.2) is 36.6 Å². The number of sulfonamides is 1. The topological polar surface area (TPSA) is 105 Å². The van der Waals surface area contributed by atoms with E-state index in [0.29, 0.717) is 16.5 Å². The first kappa shape index (κ1) is 23.8. The molecule has 0 radical (unpaired) electrons. The van der Waals surface area contributed by atoms with Crippen LogP contribution < -0.4 is 14.9 Å². The fourth-order valence-corrected chi connectivity index (χ4v) is 6.20. The van der Waals surface area contributed by atoms with Gasteiger partial charge in [-0.05, 0) is 68.6 Å². The molecule has 1 atom stereocenters. The zero-order valence-corrected chi connectivity index (χ0v) is 19.1. The van der Waals surface area contributed by atoms with Crippen molar-refractivity contribution in [3.05, 3.63) is 53.6 Å². The highest BCUT2D eigenvalue weighted by atomic mass is 35.5. The number of rotatable bonds is 9. The number of halogens is 1. The number of carbonyl (C=O) groups is 1. The van der Waals surface area contributed by atoms with Crippen LogP contribution >= 0.6 is 33.2 Å². The van der Waals surface area contributed by atoms with Crippen molar-refractivity contribution in [1.29, 1.82) is 0 Å². The van der Waals surface area contributed by atoms with Gasteiger partial charge in [0.05, 0.1) is 4.90 Å². The third-order valence-electron chi connectivity index (χ3n) is 3.82. The van der Waals surface area contributed by atoms with Gasteiger partial charge in [-0.15, -0.1) is 0 Å². The largest absolute Gasteiger partial charge is 0.457 e. The van der Waals surface area contributed by atoms with E-state index in [-0.39, 0.29) is 4.90 Å². The van der Waals surface area contributed by atoms with Crippen LogP contribution in [0.25, 0.3) is 0 Å². The molecule has 7 nitrogen and oxygen atoms in total. The second-order valence-corrected chi connectivity index (χ2v) is 11.6. The summed E-state index contributed by atoms with van der Waals surface area (Å²) in [6, 6.07) is 11.3. The first-order valence-electron chi connectivity index (χ1n) is 8.30. The van der Waals surface area contributed by atoms with Crippen molar-refractivity contribution in [3.8, 4) is 11.5 Å². The molecule has 0 aliphatic rings. The molecule has 0 saturated heterocycles. The van der Waals surface area contributed by atoms with E-state index >= 15 is 0 Å². The molecule has 2 rings (SSSR count). The lowest BCUT2D eigenvalue weighted by Crippen LogP contribution is -2.55. The maximum Gasteiger partial charge on any atom is 0.262 e. The van der Waals surface area contributed by atoms with Gasteiger partial charge in [0.1, 0.15) is 17.5 Å². The second-order valence-electron chi connectivity index (χ2n) is 6.41. The summed E-state index contributed by atoms with van der Waals surface area (Å²) in [5.41, 5.74) is 1.53. The molecule has 0 saturated carbocycles. The van der Waals surface area contributed by atoms with Gasteiger partial charge >= 0.3 is 0 Å². The van der Waals surface area contributed by atoms with Gasteiger partial charge in [-0.25, -0.2) is 13.9 Å². The molecule has 0 aliphatic carbocycles. The summed E-state index contributed by atoms with van der Waals surface area (Å²) in [7, 11) is -1.33. The average molecular weight is 477 g/mol. The average Bonchev–Trinajstić information content (AvgIpc) is 2.67. The predicted molar refractivity (Wildman–Crippen MR) is 117 cm³/mol. The quantitative estimate of drug-likeness (QED) is 0.284. The van der Waals surface area contributed by atoms with E-state index in [2.05, 4.69) is 4.72 Å². The molecule has 1 amide bonds. The van der Waals surface area contributed by atoms with Gasteiger partial charge < -0.3 is 4.74 Å². The number of hydrogen-bond acceptors (Lipinski definition) is 7. The fourth-order valence-electron chi connectivity index (χ4n) is 2.39. The van der Waals surface area contributed by atoms with Crippen molar-refractivity contribution in [2.45, 2.75) is 29.5 Å². The number of carbonyl (C=O) groups excluding carboxylic acids is 1. The molecule has 0 heterocycles. The van der Waals surface area contributed by atoms with Crippen molar-refractivity contribution in [2.75, 3.05) is 6.26 Å². The van der Waals surface area contributed by atoms with Crippen molar-refractivity contribution >= 4 is 49.1 Å². The highest BCUT2D eigenvalue weighted by molar-refractivity contribution is 8.77. The fraction of sp³-hybridized carbons (Fsp3) is 0.278. The smallest absolute Gasteiger partial charge is 0.262 e. The molecular weight excluding hydrogens is 456 g/mol. The summed E-state index contributed by atoms with van der Waals surface area (Å²) in [5.74, 6) is 0.149. The van der Waals surface area contributed by atoms with Crippen LogP contribution in [0.15, 0.2) is 53.4 Å². The zero-order chi connectivity index (χ0) is 21.7. The number of hydrogen-bond donors (Lipinski definition) is 3. The predicted octanol–water partition coefficient (Wildman–Crippen LogP) is 4.07. The molecule has 0 spiro atoms. The molecule has 0 bridgehead atoms. The van der Waals surface area contributed by atoms with Crippen LogP contribution in [0.4, 0.5) is 0 Å². The van der Waals surface area contributed by atoms with Gasteiger partial charge in [0.25, 0.3) is 5.91 Å². The minimum absolute atomic E-state index is 0.0401. The van der Waals surface area contributed by atoms with Crippen LogP contribution in [0, 0.1) is 0 Å². The normalized spacial score (nSPS) is 13.0. The Morgan fingerprint density at radius 1 is 1.10 bits per heavy atom. The van der Waals surface area contributed by atoms with Crippen LogP contribution in [0.3, 0.4) is 0 Å². The third-order valence-corrected chi connectivity index (χ3v) is 8.13. The lowest BCUT2D eigenvalue weighted by Gasteiger charge is -2.31.